The number of likely N-dealkylation sites (tertiary alicyclic amines) is 1. The van der Waals surface area contributed by atoms with Crippen molar-refractivity contribution >= 4 is 29.0 Å². The lowest BCUT2D eigenvalue weighted by atomic mass is 10.1. The van der Waals surface area contributed by atoms with E-state index in [0.717, 1.165) is 6.92 Å². The van der Waals surface area contributed by atoms with E-state index < -0.39 is 58.4 Å². The van der Waals surface area contributed by atoms with Crippen molar-refractivity contribution in [2.75, 3.05) is 18.4 Å². The molecular weight excluding hydrogens is 540 g/mol. The summed E-state index contributed by atoms with van der Waals surface area (Å²) in [7, 11) is 0. The minimum Gasteiger partial charge on any atom is -0.389 e. The maximum atomic E-state index is 14.1. The molecule has 2 atom stereocenters. The Labute approximate surface area is 218 Å². The van der Waals surface area contributed by atoms with Crippen LogP contribution in [0.15, 0.2) is 12.3 Å². The van der Waals surface area contributed by atoms with Gasteiger partial charge in [0.15, 0.2) is 5.01 Å². The average molecular weight is 568 g/mol. The molecule has 2 aromatic rings. The number of rotatable bonds is 7. The summed E-state index contributed by atoms with van der Waals surface area (Å²) in [4.78, 5) is 35.0. The number of hydrogen-bond acceptors (Lipinski definition) is 7. The lowest BCUT2D eigenvalue weighted by Crippen LogP contribution is -2.38. The highest BCUT2D eigenvalue weighted by molar-refractivity contribution is 7.17. The van der Waals surface area contributed by atoms with E-state index in [1.54, 1.807) is 6.92 Å². The van der Waals surface area contributed by atoms with E-state index in [2.05, 4.69) is 15.3 Å². The predicted octanol–water partition coefficient (Wildman–Crippen LogP) is 4.71. The molecule has 0 unspecified atom stereocenters. The van der Waals surface area contributed by atoms with Crippen molar-refractivity contribution in [2.45, 2.75) is 70.6 Å². The maximum Gasteiger partial charge on any atom is 0.417 e. The number of carbonyl (C=O) groups excluding carboxylic acids is 2. The van der Waals surface area contributed by atoms with Gasteiger partial charge in [-0.25, -0.2) is 9.97 Å². The number of nitrogens with zero attached hydrogens (tertiary/aromatic N) is 3. The van der Waals surface area contributed by atoms with E-state index in [9.17, 15) is 41.0 Å². The predicted molar refractivity (Wildman–Crippen MR) is 128 cm³/mol. The first-order valence-electron chi connectivity index (χ1n) is 11.6. The Balaban J connectivity index is 2.12. The van der Waals surface area contributed by atoms with E-state index in [-0.39, 0.29) is 22.5 Å². The average Bonchev–Trinajstić information content (AvgIpc) is 3.42. The highest BCUT2D eigenvalue weighted by Crippen LogP contribution is 2.42. The second-order valence-corrected chi connectivity index (χ2v) is 10.7. The molecule has 0 aromatic carbocycles. The molecular formula is C23H27F6N5O3S. The standard InChI is InChI=1S/C23H27F6N5O3S/c1-11-6-5-7-34(11)20(36)16-17(38-19(33-16)18(35)31-10-21(3,4)37)13-9-30-15(8-14(13)23(27,28)29)32-12(2)22(24,25)26/h8-9,11-12,37H,5-7,10H2,1-4H3,(H,30,32)(H,31,35)/t11-,12+/m0/s1. The molecule has 3 heterocycles. The van der Waals surface area contributed by atoms with E-state index >= 15 is 0 Å². The first-order chi connectivity index (χ1) is 17.4. The first kappa shape index (κ1) is 29.6. The normalized spacial score (nSPS) is 17.4. The van der Waals surface area contributed by atoms with Gasteiger partial charge in [-0.05, 0) is 46.6 Å². The van der Waals surface area contributed by atoms with Gasteiger partial charge in [-0.15, -0.1) is 11.3 Å². The fourth-order valence-electron chi connectivity index (χ4n) is 3.74. The lowest BCUT2D eigenvalue weighted by Gasteiger charge is -2.22. The molecule has 1 saturated heterocycles. The monoisotopic (exact) mass is 567 g/mol. The Bertz CT molecular complexity index is 1190. The van der Waals surface area contributed by atoms with Crippen LogP contribution in [0.2, 0.25) is 0 Å². The Morgan fingerprint density at radius 2 is 1.89 bits per heavy atom. The van der Waals surface area contributed by atoms with Crippen LogP contribution in [-0.2, 0) is 6.18 Å². The zero-order chi connectivity index (χ0) is 28.6. The van der Waals surface area contributed by atoms with Crippen molar-refractivity contribution in [1.82, 2.24) is 20.2 Å². The summed E-state index contributed by atoms with van der Waals surface area (Å²) in [6.07, 6.45) is -7.70. The van der Waals surface area contributed by atoms with Crippen LogP contribution in [0.25, 0.3) is 10.4 Å². The van der Waals surface area contributed by atoms with Crippen LogP contribution < -0.4 is 10.6 Å². The second kappa shape index (κ2) is 10.7. The number of anilines is 1. The number of thiazole rings is 1. The van der Waals surface area contributed by atoms with E-state index in [1.165, 1.54) is 18.7 Å². The van der Waals surface area contributed by atoms with Crippen LogP contribution >= 0.6 is 11.3 Å². The number of nitrogens with one attached hydrogen (secondary N) is 2. The molecule has 2 amide bonds. The van der Waals surface area contributed by atoms with Gasteiger partial charge in [-0.1, -0.05) is 0 Å². The van der Waals surface area contributed by atoms with E-state index in [1.807, 2.05) is 5.32 Å². The molecule has 1 fully saturated rings. The maximum absolute atomic E-state index is 14.1. The Kier molecular flexibility index (Phi) is 8.32. The first-order valence-corrected chi connectivity index (χ1v) is 12.4. The van der Waals surface area contributed by atoms with E-state index in [0.29, 0.717) is 43.0 Å². The van der Waals surface area contributed by atoms with Crippen molar-refractivity contribution < 1.29 is 41.0 Å². The third-order valence-electron chi connectivity index (χ3n) is 5.83. The van der Waals surface area contributed by atoms with Crippen molar-refractivity contribution in [3.8, 4) is 10.4 Å². The molecule has 15 heteroatoms. The summed E-state index contributed by atoms with van der Waals surface area (Å²) in [6, 6.07) is -1.96. The molecule has 0 bridgehead atoms. The largest absolute Gasteiger partial charge is 0.417 e. The van der Waals surface area contributed by atoms with Gasteiger partial charge >= 0.3 is 12.4 Å². The zero-order valence-electron chi connectivity index (χ0n) is 20.9. The summed E-state index contributed by atoms with van der Waals surface area (Å²) in [5, 5.41) is 13.9. The highest BCUT2D eigenvalue weighted by Gasteiger charge is 2.40. The fourth-order valence-corrected chi connectivity index (χ4v) is 4.74. The zero-order valence-corrected chi connectivity index (χ0v) is 21.7. The molecule has 0 aliphatic carbocycles. The summed E-state index contributed by atoms with van der Waals surface area (Å²) in [5.41, 5.74) is -3.63. The smallest absolute Gasteiger partial charge is 0.389 e. The van der Waals surface area contributed by atoms with Gasteiger partial charge in [0.2, 0.25) is 0 Å². The number of halogens is 6. The van der Waals surface area contributed by atoms with Gasteiger partial charge in [0.1, 0.15) is 17.6 Å². The van der Waals surface area contributed by atoms with Crippen LogP contribution in [0, 0.1) is 0 Å². The summed E-state index contributed by atoms with van der Waals surface area (Å²) in [5.74, 6) is -2.16. The second-order valence-electron chi connectivity index (χ2n) is 9.70. The molecule has 3 rings (SSSR count). The van der Waals surface area contributed by atoms with E-state index in [4.69, 9.17) is 0 Å². The number of aliphatic hydroxyl groups is 1. The molecule has 8 nitrogen and oxygen atoms in total. The molecule has 1 aliphatic heterocycles. The number of alkyl halides is 6. The van der Waals surface area contributed by atoms with Gasteiger partial charge in [0.05, 0.1) is 16.0 Å². The van der Waals surface area contributed by atoms with Gasteiger partial charge < -0.3 is 20.6 Å². The van der Waals surface area contributed by atoms with Gasteiger partial charge in [0.25, 0.3) is 11.8 Å². The minimum atomic E-state index is -5.04. The highest BCUT2D eigenvalue weighted by atomic mass is 32.1. The topological polar surface area (TPSA) is 107 Å². The minimum absolute atomic E-state index is 0.194. The third kappa shape index (κ3) is 6.92. The number of hydrogen-bond donors (Lipinski definition) is 3. The molecule has 0 saturated carbocycles. The van der Waals surface area contributed by atoms with Crippen LogP contribution in [0.3, 0.4) is 0 Å². The number of aromatic nitrogens is 2. The summed E-state index contributed by atoms with van der Waals surface area (Å²) >= 11 is 0.521. The summed E-state index contributed by atoms with van der Waals surface area (Å²) in [6.45, 7) is 5.53. The van der Waals surface area contributed by atoms with Crippen molar-refractivity contribution in [3.63, 3.8) is 0 Å². The van der Waals surface area contributed by atoms with Gasteiger partial charge in [-0.3, -0.25) is 9.59 Å². The molecule has 1 aliphatic rings. The Morgan fingerprint density at radius 1 is 1.24 bits per heavy atom. The number of amides is 2. The SMILES string of the molecule is C[C@H]1CCCN1C(=O)c1nc(C(=O)NCC(C)(C)O)sc1-c1cnc(N[C@H](C)C(F)(F)F)cc1C(F)(F)F. The Morgan fingerprint density at radius 3 is 2.42 bits per heavy atom. The molecule has 3 N–H and O–H groups in total. The molecule has 0 spiro atoms. The van der Waals surface area contributed by atoms with Crippen LogP contribution in [-0.4, -0.2) is 68.7 Å². The van der Waals surface area contributed by atoms with Crippen molar-refractivity contribution in [3.05, 3.63) is 28.5 Å². The quantitative estimate of drug-likeness (QED) is 0.419. The number of pyridine rings is 1. The van der Waals surface area contributed by atoms with Crippen molar-refractivity contribution in [2.24, 2.45) is 0 Å². The van der Waals surface area contributed by atoms with Crippen LogP contribution in [0.5, 0.6) is 0 Å². The lowest BCUT2D eigenvalue weighted by molar-refractivity contribution is -0.138. The molecule has 0 radical (unpaired) electrons. The van der Waals surface area contributed by atoms with Crippen molar-refractivity contribution in [1.29, 1.82) is 0 Å². The third-order valence-corrected chi connectivity index (χ3v) is 6.92. The van der Waals surface area contributed by atoms with Gasteiger partial charge in [-0.2, -0.15) is 26.3 Å². The molecule has 210 valence electrons. The molecule has 2 aromatic heterocycles. The molecule has 38 heavy (non-hydrogen) atoms. The number of carbonyl (C=O) groups is 2. The fraction of sp³-hybridized carbons (Fsp3) is 0.565. The van der Waals surface area contributed by atoms with Crippen LogP contribution in [0.4, 0.5) is 32.2 Å². The van der Waals surface area contributed by atoms with Gasteiger partial charge in [0, 0.05) is 30.9 Å². The Hall–Kier alpha value is -2.94. The van der Waals surface area contributed by atoms with Crippen LogP contribution in [0.1, 0.15) is 66.4 Å². The summed E-state index contributed by atoms with van der Waals surface area (Å²) < 4.78 is 81.1.